The van der Waals surface area contributed by atoms with Crippen molar-refractivity contribution in [2.24, 2.45) is 0 Å². The number of nitrogens with one attached hydrogen (secondary N) is 1. The summed E-state index contributed by atoms with van der Waals surface area (Å²) in [6.45, 7) is 13.3. The molecule has 2 nitrogen and oxygen atoms in total. The number of carbonyl (C=O) groups is 1. The molecule has 17 heavy (non-hydrogen) atoms. The molecule has 0 aliphatic heterocycles. The Morgan fingerprint density at radius 1 is 1.35 bits per heavy atom. The van der Waals surface area contributed by atoms with Gasteiger partial charge in [-0.05, 0) is 32.8 Å². The van der Waals surface area contributed by atoms with Gasteiger partial charge in [0, 0.05) is 11.6 Å². The van der Waals surface area contributed by atoms with Crippen LogP contribution in [-0.2, 0) is 4.79 Å². The standard InChI is InChI=1S/C15H23NO/c1-6-9-13(8-3)11-14(10-7-2)15(17)16-12(4)5/h6-7,10-12H,1-2,8-9H2,3-5H3,(H,16,17)/b13-11-,14-10+. The van der Waals surface area contributed by atoms with Crippen molar-refractivity contribution in [3.63, 3.8) is 0 Å². The van der Waals surface area contributed by atoms with Crippen LogP contribution < -0.4 is 5.32 Å². The quantitative estimate of drug-likeness (QED) is 0.407. The van der Waals surface area contributed by atoms with E-state index in [4.69, 9.17) is 0 Å². The minimum atomic E-state index is -0.0603. The van der Waals surface area contributed by atoms with Crippen LogP contribution in [0.5, 0.6) is 0 Å². The van der Waals surface area contributed by atoms with Crippen molar-refractivity contribution in [3.8, 4) is 0 Å². The van der Waals surface area contributed by atoms with Gasteiger partial charge in [-0.2, -0.15) is 0 Å². The summed E-state index contributed by atoms with van der Waals surface area (Å²) >= 11 is 0. The summed E-state index contributed by atoms with van der Waals surface area (Å²) in [5.74, 6) is -0.0603. The molecule has 2 heteroatoms. The predicted molar refractivity (Wildman–Crippen MR) is 74.7 cm³/mol. The van der Waals surface area contributed by atoms with Gasteiger partial charge < -0.3 is 5.32 Å². The summed E-state index contributed by atoms with van der Waals surface area (Å²) in [5, 5.41) is 2.87. The molecule has 0 fully saturated rings. The van der Waals surface area contributed by atoms with Crippen molar-refractivity contribution in [2.75, 3.05) is 0 Å². The number of amides is 1. The van der Waals surface area contributed by atoms with E-state index in [2.05, 4.69) is 25.4 Å². The minimum absolute atomic E-state index is 0.0603. The molecule has 0 aliphatic rings. The molecule has 0 spiro atoms. The fraction of sp³-hybridized carbons (Fsp3) is 0.400. The fourth-order valence-corrected chi connectivity index (χ4v) is 1.37. The lowest BCUT2D eigenvalue weighted by Crippen LogP contribution is -2.31. The van der Waals surface area contributed by atoms with E-state index < -0.39 is 0 Å². The summed E-state index contributed by atoms with van der Waals surface area (Å²) in [7, 11) is 0. The van der Waals surface area contributed by atoms with Crippen molar-refractivity contribution in [2.45, 2.75) is 39.7 Å². The lowest BCUT2D eigenvalue weighted by Gasteiger charge is -2.10. The van der Waals surface area contributed by atoms with Gasteiger partial charge in [0.25, 0.3) is 5.91 Å². The largest absolute Gasteiger partial charge is 0.350 e. The van der Waals surface area contributed by atoms with E-state index in [9.17, 15) is 4.79 Å². The first-order valence-corrected chi connectivity index (χ1v) is 5.99. The Kier molecular flexibility index (Phi) is 7.78. The van der Waals surface area contributed by atoms with Crippen molar-refractivity contribution < 1.29 is 4.79 Å². The third kappa shape index (κ3) is 6.56. The fourth-order valence-electron chi connectivity index (χ4n) is 1.37. The Hall–Kier alpha value is -1.57. The topological polar surface area (TPSA) is 29.1 Å². The Morgan fingerprint density at radius 3 is 2.41 bits per heavy atom. The maximum atomic E-state index is 11.9. The van der Waals surface area contributed by atoms with Crippen LogP contribution in [0, 0.1) is 0 Å². The zero-order valence-electron chi connectivity index (χ0n) is 11.1. The van der Waals surface area contributed by atoms with Crippen LogP contribution in [0.1, 0.15) is 33.6 Å². The van der Waals surface area contributed by atoms with Crippen LogP contribution in [0.2, 0.25) is 0 Å². The van der Waals surface area contributed by atoms with E-state index in [-0.39, 0.29) is 11.9 Å². The number of hydrogen-bond donors (Lipinski definition) is 1. The third-order valence-corrected chi connectivity index (χ3v) is 2.20. The maximum absolute atomic E-state index is 11.9. The smallest absolute Gasteiger partial charge is 0.251 e. The summed E-state index contributed by atoms with van der Waals surface area (Å²) < 4.78 is 0. The van der Waals surface area contributed by atoms with Crippen molar-refractivity contribution in [1.29, 1.82) is 0 Å². The van der Waals surface area contributed by atoms with E-state index >= 15 is 0 Å². The van der Waals surface area contributed by atoms with Crippen LogP contribution in [0.15, 0.2) is 48.6 Å². The molecule has 94 valence electrons. The zero-order valence-corrected chi connectivity index (χ0v) is 11.1. The number of hydrogen-bond acceptors (Lipinski definition) is 1. The number of allylic oxidation sites excluding steroid dienone is 4. The van der Waals surface area contributed by atoms with Crippen LogP contribution >= 0.6 is 0 Å². The second-order valence-corrected chi connectivity index (χ2v) is 4.13. The average molecular weight is 233 g/mol. The van der Waals surface area contributed by atoms with E-state index in [1.54, 1.807) is 12.2 Å². The molecule has 0 aromatic carbocycles. The van der Waals surface area contributed by atoms with Crippen molar-refractivity contribution in [3.05, 3.63) is 48.6 Å². The molecule has 0 rings (SSSR count). The third-order valence-electron chi connectivity index (χ3n) is 2.20. The first-order valence-electron chi connectivity index (χ1n) is 5.99. The lowest BCUT2D eigenvalue weighted by atomic mass is 10.0. The first kappa shape index (κ1) is 15.4. The van der Waals surface area contributed by atoms with E-state index in [1.165, 1.54) is 5.57 Å². The van der Waals surface area contributed by atoms with Gasteiger partial charge in [-0.25, -0.2) is 0 Å². The van der Waals surface area contributed by atoms with Crippen LogP contribution in [0.25, 0.3) is 0 Å². The van der Waals surface area contributed by atoms with Crippen molar-refractivity contribution >= 4 is 5.91 Å². The molecule has 0 bridgehead atoms. The van der Waals surface area contributed by atoms with Gasteiger partial charge in [0.2, 0.25) is 0 Å². The van der Waals surface area contributed by atoms with Crippen LogP contribution in [0.3, 0.4) is 0 Å². The molecule has 0 saturated carbocycles. The molecule has 0 atom stereocenters. The van der Waals surface area contributed by atoms with E-state index in [0.717, 1.165) is 12.8 Å². The van der Waals surface area contributed by atoms with Gasteiger partial charge >= 0.3 is 0 Å². The molecule has 0 unspecified atom stereocenters. The molecule has 0 aromatic rings. The Morgan fingerprint density at radius 2 is 2.00 bits per heavy atom. The van der Waals surface area contributed by atoms with Gasteiger partial charge in [-0.15, -0.1) is 6.58 Å². The van der Waals surface area contributed by atoms with E-state index in [1.807, 2.05) is 26.0 Å². The lowest BCUT2D eigenvalue weighted by molar-refractivity contribution is -0.117. The first-order chi connectivity index (χ1) is 8.04. The number of rotatable bonds is 7. The maximum Gasteiger partial charge on any atom is 0.251 e. The van der Waals surface area contributed by atoms with Crippen molar-refractivity contribution in [1.82, 2.24) is 5.32 Å². The molecule has 0 aromatic heterocycles. The van der Waals surface area contributed by atoms with Gasteiger partial charge in [-0.1, -0.05) is 37.3 Å². The summed E-state index contributed by atoms with van der Waals surface area (Å²) in [5.41, 5.74) is 1.83. The van der Waals surface area contributed by atoms with Gasteiger partial charge in [0.15, 0.2) is 0 Å². The second-order valence-electron chi connectivity index (χ2n) is 4.13. The molecule has 1 N–H and O–H groups in total. The molecule has 0 aliphatic carbocycles. The van der Waals surface area contributed by atoms with Gasteiger partial charge in [-0.3, -0.25) is 4.79 Å². The predicted octanol–water partition coefficient (Wildman–Crippen LogP) is 3.54. The summed E-state index contributed by atoms with van der Waals surface area (Å²) in [6, 6.07) is 0.133. The Bertz CT molecular complexity index is 335. The normalized spacial score (nSPS) is 12.5. The van der Waals surface area contributed by atoms with Crippen LogP contribution in [-0.4, -0.2) is 11.9 Å². The molecule has 0 heterocycles. The van der Waals surface area contributed by atoms with Crippen LogP contribution in [0.4, 0.5) is 0 Å². The second kappa shape index (κ2) is 8.57. The minimum Gasteiger partial charge on any atom is -0.350 e. The monoisotopic (exact) mass is 233 g/mol. The highest BCUT2D eigenvalue weighted by atomic mass is 16.1. The highest BCUT2D eigenvalue weighted by Crippen LogP contribution is 2.11. The average Bonchev–Trinajstić information content (AvgIpc) is 2.26. The number of carbonyl (C=O) groups excluding carboxylic acids is 1. The molecule has 0 saturated heterocycles. The summed E-state index contributed by atoms with van der Waals surface area (Å²) in [6.07, 6.45) is 8.85. The van der Waals surface area contributed by atoms with Gasteiger partial charge in [0.05, 0.1) is 0 Å². The van der Waals surface area contributed by atoms with E-state index in [0.29, 0.717) is 5.57 Å². The molecular formula is C15H23NO. The molecule has 1 amide bonds. The van der Waals surface area contributed by atoms with Gasteiger partial charge in [0.1, 0.15) is 0 Å². The SMILES string of the molecule is C=C/C=C(\C=C(\CC)CC=C)C(=O)NC(C)C. The molecule has 0 radical (unpaired) electrons. The highest BCUT2D eigenvalue weighted by molar-refractivity contribution is 5.96. The zero-order chi connectivity index (χ0) is 13.3. The highest BCUT2D eigenvalue weighted by Gasteiger charge is 2.08. The molecular weight excluding hydrogens is 210 g/mol. The Labute approximate surface area is 105 Å². The Balaban J connectivity index is 4.97. The summed E-state index contributed by atoms with van der Waals surface area (Å²) in [4.78, 5) is 11.9.